The molecule has 2 aromatic rings. The lowest BCUT2D eigenvalue weighted by Gasteiger charge is -2.16. The van der Waals surface area contributed by atoms with Gasteiger partial charge in [0.1, 0.15) is 30.6 Å². The molecule has 3 heterocycles. The van der Waals surface area contributed by atoms with Gasteiger partial charge in [-0.05, 0) is 6.42 Å². The Balaban J connectivity index is 1.91. The second-order valence-corrected chi connectivity index (χ2v) is 6.29. The van der Waals surface area contributed by atoms with Gasteiger partial charge in [0.2, 0.25) is 5.91 Å². The summed E-state index contributed by atoms with van der Waals surface area (Å²) in [6.07, 6.45) is 4.19. The van der Waals surface area contributed by atoms with Gasteiger partial charge in [0.05, 0.1) is 36.4 Å². The Morgan fingerprint density at radius 2 is 2.36 bits per heavy atom. The molecule has 0 bridgehead atoms. The third kappa shape index (κ3) is 4.07. The van der Waals surface area contributed by atoms with Gasteiger partial charge in [-0.1, -0.05) is 18.8 Å². The number of aliphatic hydroxyl groups is 1. The molecule has 6 N–H and O–H groups in total. The lowest BCUT2D eigenvalue weighted by Crippen LogP contribution is -2.26. The second kappa shape index (κ2) is 8.99. The predicted molar refractivity (Wildman–Crippen MR) is 102 cm³/mol. The van der Waals surface area contributed by atoms with Crippen molar-refractivity contribution in [3.63, 3.8) is 0 Å². The molecule has 10 heteroatoms. The number of nitrogens with zero attached hydrogens (tertiary/aromatic N) is 3. The molecule has 1 fully saturated rings. The number of hydrogen-bond acceptors (Lipinski definition) is 8. The summed E-state index contributed by atoms with van der Waals surface area (Å²) < 4.78 is 13.6. The molecule has 1 amide bonds. The first-order valence-electron chi connectivity index (χ1n) is 9.03. The van der Waals surface area contributed by atoms with Crippen LogP contribution in [-0.4, -0.2) is 57.6 Å². The van der Waals surface area contributed by atoms with Crippen molar-refractivity contribution >= 4 is 22.8 Å². The van der Waals surface area contributed by atoms with Crippen molar-refractivity contribution in [3.05, 3.63) is 18.1 Å². The topological polar surface area (TPSA) is 151 Å². The van der Waals surface area contributed by atoms with Crippen LogP contribution in [0.25, 0.3) is 11.0 Å². The Labute approximate surface area is 162 Å². The number of anilines is 1. The van der Waals surface area contributed by atoms with Gasteiger partial charge in [0.25, 0.3) is 0 Å². The predicted octanol–water partition coefficient (Wildman–Crippen LogP) is -0.528. The first-order valence-corrected chi connectivity index (χ1v) is 9.03. The molecule has 1 aliphatic rings. The Morgan fingerprint density at radius 1 is 1.54 bits per heavy atom. The summed E-state index contributed by atoms with van der Waals surface area (Å²) in [5, 5.41) is 11.8. The minimum Gasteiger partial charge on any atom is -0.387 e. The zero-order valence-electron chi connectivity index (χ0n) is 15.6. The molecular weight excluding hydrogens is 364 g/mol. The van der Waals surface area contributed by atoms with Gasteiger partial charge in [-0.25, -0.2) is 9.97 Å². The number of aromatic nitrogens is 3. The third-order valence-electron chi connectivity index (χ3n) is 4.58. The molecule has 0 radical (unpaired) electrons. The first-order chi connectivity index (χ1) is 13.6. The Bertz CT molecular complexity index is 903. The molecular formula is C18H24N6O4. The highest BCUT2D eigenvalue weighted by Crippen LogP contribution is 2.36. The van der Waals surface area contributed by atoms with Gasteiger partial charge < -0.3 is 35.9 Å². The molecule has 0 aliphatic carbocycles. The number of carbonyl (C=O) groups is 1. The highest BCUT2D eigenvalue weighted by Gasteiger charge is 2.36. The Kier molecular flexibility index (Phi) is 6.43. The van der Waals surface area contributed by atoms with Crippen LogP contribution in [0.15, 0.2) is 12.5 Å². The highest BCUT2D eigenvalue weighted by atomic mass is 16.6. The van der Waals surface area contributed by atoms with Crippen molar-refractivity contribution in [1.29, 1.82) is 0 Å². The molecule has 1 unspecified atom stereocenters. The van der Waals surface area contributed by atoms with Gasteiger partial charge in [0, 0.05) is 12.6 Å². The molecule has 1 aliphatic heterocycles. The van der Waals surface area contributed by atoms with E-state index in [-0.39, 0.29) is 31.7 Å². The number of hydrogen-bond donors (Lipinski definition) is 4. The lowest BCUT2D eigenvalue weighted by molar-refractivity contribution is -0.123. The monoisotopic (exact) mass is 388 g/mol. The zero-order valence-corrected chi connectivity index (χ0v) is 15.6. The number of fused-ring (bicyclic) bond motifs is 1. The van der Waals surface area contributed by atoms with E-state index in [9.17, 15) is 4.79 Å². The fourth-order valence-electron chi connectivity index (χ4n) is 3.29. The Hall–Kier alpha value is -2.71. The molecule has 28 heavy (non-hydrogen) atoms. The quantitative estimate of drug-likeness (QED) is 0.381. The van der Waals surface area contributed by atoms with E-state index in [1.54, 1.807) is 0 Å². The maximum absolute atomic E-state index is 11.1. The number of nitrogens with one attached hydrogen (secondary N) is 1. The van der Waals surface area contributed by atoms with Crippen molar-refractivity contribution in [2.75, 3.05) is 25.6 Å². The third-order valence-corrected chi connectivity index (χ3v) is 4.58. The highest BCUT2D eigenvalue weighted by molar-refractivity contribution is 5.92. The molecule has 10 nitrogen and oxygen atoms in total. The van der Waals surface area contributed by atoms with E-state index in [4.69, 9.17) is 26.0 Å². The second-order valence-electron chi connectivity index (χ2n) is 6.29. The smallest absolute Gasteiger partial charge is 0.246 e. The molecule has 150 valence electrons. The van der Waals surface area contributed by atoms with Crippen LogP contribution in [-0.2, 0) is 14.3 Å². The minimum absolute atomic E-state index is 0.0617. The summed E-state index contributed by atoms with van der Waals surface area (Å²) in [5.74, 6) is 5.64. The number of aliphatic hydroxyl groups excluding tert-OH is 1. The number of ether oxygens (including phenoxy) is 2. The average Bonchev–Trinajstić information content (AvgIpc) is 3.27. The van der Waals surface area contributed by atoms with Crippen LogP contribution in [0.1, 0.15) is 31.6 Å². The van der Waals surface area contributed by atoms with E-state index in [2.05, 4.69) is 27.1 Å². The van der Waals surface area contributed by atoms with Crippen LogP contribution in [0.5, 0.6) is 0 Å². The number of carbonyl (C=O) groups excluding carboxylic acids is 1. The molecule has 2 aromatic heterocycles. The van der Waals surface area contributed by atoms with Crippen LogP contribution in [0.2, 0.25) is 0 Å². The van der Waals surface area contributed by atoms with E-state index >= 15 is 0 Å². The average molecular weight is 388 g/mol. The van der Waals surface area contributed by atoms with E-state index < -0.39 is 12.5 Å². The van der Waals surface area contributed by atoms with Crippen molar-refractivity contribution in [1.82, 2.24) is 19.9 Å². The van der Waals surface area contributed by atoms with Crippen molar-refractivity contribution < 1.29 is 19.4 Å². The number of amides is 1. The number of rotatable bonds is 6. The van der Waals surface area contributed by atoms with Gasteiger partial charge in [-0.3, -0.25) is 4.79 Å². The van der Waals surface area contributed by atoms with Crippen LogP contribution in [0.4, 0.5) is 5.82 Å². The van der Waals surface area contributed by atoms with Crippen molar-refractivity contribution in [2.45, 2.75) is 38.2 Å². The van der Waals surface area contributed by atoms with E-state index in [1.807, 2.05) is 17.7 Å². The fourth-order valence-corrected chi connectivity index (χ4v) is 3.29. The summed E-state index contributed by atoms with van der Waals surface area (Å²) in [6, 6.07) is 0. The molecule has 3 rings (SSSR count). The van der Waals surface area contributed by atoms with Crippen molar-refractivity contribution in [2.24, 2.45) is 5.73 Å². The summed E-state index contributed by atoms with van der Waals surface area (Å²) in [7, 11) is 0. The van der Waals surface area contributed by atoms with Crippen LogP contribution < -0.4 is 16.8 Å². The standard InChI is InChI=1S/C18H24N6O4/c1-2-12-13(27-9-19)6-15(28-12)24-7-11(4-3-5-21-14(26)8-25)16-17(20)22-10-23-18(16)24/h7,10,12-13,15,25H,2,5-6,8-9,19H2,1H3,(H,21,26)(H2,20,22,23)/t12-,13?,15-/m1/s1. The molecule has 3 atom stereocenters. The van der Waals surface area contributed by atoms with Crippen LogP contribution in [0, 0.1) is 11.8 Å². The molecule has 0 spiro atoms. The maximum Gasteiger partial charge on any atom is 0.246 e. The molecule has 0 saturated carbocycles. The minimum atomic E-state index is -0.578. The van der Waals surface area contributed by atoms with Crippen LogP contribution >= 0.6 is 0 Å². The van der Waals surface area contributed by atoms with Gasteiger partial charge in [0.15, 0.2) is 0 Å². The molecule has 0 aromatic carbocycles. The van der Waals surface area contributed by atoms with E-state index in [0.717, 1.165) is 6.42 Å². The van der Waals surface area contributed by atoms with Crippen LogP contribution in [0.3, 0.4) is 0 Å². The Morgan fingerprint density at radius 3 is 3.07 bits per heavy atom. The lowest BCUT2D eigenvalue weighted by atomic mass is 10.1. The van der Waals surface area contributed by atoms with Crippen molar-refractivity contribution in [3.8, 4) is 11.8 Å². The van der Waals surface area contributed by atoms with Gasteiger partial charge >= 0.3 is 0 Å². The largest absolute Gasteiger partial charge is 0.387 e. The molecule has 1 saturated heterocycles. The maximum atomic E-state index is 11.1. The summed E-state index contributed by atoms with van der Waals surface area (Å²) in [5.41, 5.74) is 12.8. The summed E-state index contributed by atoms with van der Waals surface area (Å²) in [6.45, 7) is 1.69. The fraction of sp³-hybridized carbons (Fsp3) is 0.500. The zero-order chi connectivity index (χ0) is 20.1. The summed E-state index contributed by atoms with van der Waals surface area (Å²) in [4.78, 5) is 19.5. The van der Waals surface area contributed by atoms with E-state index in [1.165, 1.54) is 6.33 Å². The summed E-state index contributed by atoms with van der Waals surface area (Å²) >= 11 is 0. The SMILES string of the molecule is CC[C@H]1O[C@@H](n2cc(C#CCNC(=O)CO)c3c(N)ncnc32)CC1OCN. The van der Waals surface area contributed by atoms with E-state index in [0.29, 0.717) is 28.8 Å². The number of nitrogen functional groups attached to an aromatic ring is 1. The normalized spacial score (nSPS) is 21.5. The number of nitrogens with two attached hydrogens (primary N) is 2. The van der Waals surface area contributed by atoms with Gasteiger partial charge in [-0.15, -0.1) is 0 Å². The first kappa shape index (κ1) is 20.0. The van der Waals surface area contributed by atoms with Gasteiger partial charge in [-0.2, -0.15) is 0 Å².